The molecule has 146 valence electrons. The monoisotopic (exact) mass is 419 g/mol. The Bertz CT molecular complexity index is 1080. The molecule has 0 atom stereocenters. The summed E-state index contributed by atoms with van der Waals surface area (Å²) in [7, 11) is -3.36. The lowest BCUT2D eigenvalue weighted by Gasteiger charge is -2.08. The highest BCUT2D eigenvalue weighted by Crippen LogP contribution is 2.19. The Morgan fingerprint density at radius 2 is 1.79 bits per heavy atom. The largest absolute Gasteiger partial charge is 0.321 e. The van der Waals surface area contributed by atoms with E-state index in [0.717, 1.165) is 0 Å². The second kappa shape index (κ2) is 8.41. The number of hydrogen-bond acceptors (Lipinski definition) is 5. The zero-order chi connectivity index (χ0) is 20.1. The third-order valence-electron chi connectivity index (χ3n) is 3.71. The Morgan fingerprint density at radius 1 is 1.11 bits per heavy atom. The molecule has 1 aromatic heterocycles. The quantitative estimate of drug-likeness (QED) is 0.611. The zero-order valence-corrected chi connectivity index (χ0v) is 16.5. The second-order valence-corrected chi connectivity index (χ2v) is 8.20. The van der Waals surface area contributed by atoms with E-state index >= 15 is 0 Å². The molecule has 3 aromatic rings. The molecule has 1 heterocycles. The van der Waals surface area contributed by atoms with Crippen LogP contribution in [0.5, 0.6) is 0 Å². The summed E-state index contributed by atoms with van der Waals surface area (Å²) in [5.74, 6) is -0.398. The molecule has 0 aliphatic heterocycles. The van der Waals surface area contributed by atoms with Crippen molar-refractivity contribution >= 4 is 38.9 Å². The summed E-state index contributed by atoms with van der Waals surface area (Å²) in [6.45, 7) is 1.79. The van der Waals surface area contributed by atoms with Crippen molar-refractivity contribution in [3.8, 4) is 5.69 Å². The zero-order valence-electron chi connectivity index (χ0n) is 15.0. The Balaban J connectivity index is 1.68. The predicted molar refractivity (Wildman–Crippen MR) is 108 cm³/mol. The van der Waals surface area contributed by atoms with Gasteiger partial charge >= 0.3 is 0 Å². The Morgan fingerprint density at radius 3 is 2.46 bits per heavy atom. The SMILES string of the molecule is CCCS(=O)(=O)Nc1ccc(NC(=O)c2cn(-c3ccccc3Cl)nn2)cc1. The second-order valence-electron chi connectivity index (χ2n) is 5.95. The van der Waals surface area contributed by atoms with Crippen LogP contribution in [0.2, 0.25) is 5.02 Å². The molecule has 1 amide bonds. The van der Waals surface area contributed by atoms with E-state index in [2.05, 4.69) is 20.4 Å². The molecule has 10 heteroatoms. The predicted octanol–water partition coefficient (Wildman–Crippen LogP) is 3.32. The first-order valence-corrected chi connectivity index (χ1v) is 10.5. The fourth-order valence-corrected chi connectivity index (χ4v) is 3.80. The number of carbonyl (C=O) groups excluding carboxylic acids is 1. The minimum absolute atomic E-state index is 0.0482. The third-order valence-corrected chi connectivity index (χ3v) is 5.53. The van der Waals surface area contributed by atoms with Gasteiger partial charge in [-0.1, -0.05) is 35.9 Å². The lowest BCUT2D eigenvalue weighted by molar-refractivity contribution is 0.102. The molecule has 0 saturated carbocycles. The van der Waals surface area contributed by atoms with Crippen LogP contribution in [0, 0.1) is 0 Å². The van der Waals surface area contributed by atoms with Gasteiger partial charge in [-0.25, -0.2) is 13.1 Å². The van der Waals surface area contributed by atoms with Crippen LogP contribution >= 0.6 is 11.6 Å². The van der Waals surface area contributed by atoms with Gasteiger partial charge in [0.25, 0.3) is 5.91 Å². The molecule has 0 fully saturated rings. The molecule has 0 aliphatic carbocycles. The highest BCUT2D eigenvalue weighted by Gasteiger charge is 2.14. The normalized spacial score (nSPS) is 11.2. The fourth-order valence-electron chi connectivity index (χ4n) is 2.44. The van der Waals surface area contributed by atoms with Crippen molar-refractivity contribution in [3.05, 3.63) is 65.4 Å². The first kappa shape index (κ1) is 19.8. The average Bonchev–Trinajstić information content (AvgIpc) is 3.13. The molecule has 0 aliphatic rings. The first-order valence-electron chi connectivity index (χ1n) is 8.47. The summed E-state index contributed by atoms with van der Waals surface area (Å²) in [4.78, 5) is 12.4. The van der Waals surface area contributed by atoms with Crippen LogP contribution < -0.4 is 10.0 Å². The van der Waals surface area contributed by atoms with Crippen LogP contribution in [0.3, 0.4) is 0 Å². The Labute approximate surface area is 167 Å². The number of para-hydroxylation sites is 1. The van der Waals surface area contributed by atoms with Crippen molar-refractivity contribution in [2.24, 2.45) is 0 Å². The van der Waals surface area contributed by atoms with Gasteiger partial charge in [0.15, 0.2) is 5.69 Å². The third kappa shape index (κ3) is 4.87. The molecular weight excluding hydrogens is 402 g/mol. The summed E-state index contributed by atoms with van der Waals surface area (Å²) >= 11 is 6.12. The molecule has 3 rings (SSSR count). The van der Waals surface area contributed by atoms with E-state index < -0.39 is 15.9 Å². The number of rotatable bonds is 7. The van der Waals surface area contributed by atoms with E-state index in [1.165, 1.54) is 10.9 Å². The molecule has 0 unspecified atom stereocenters. The highest BCUT2D eigenvalue weighted by atomic mass is 35.5. The van der Waals surface area contributed by atoms with E-state index in [1.54, 1.807) is 55.5 Å². The van der Waals surface area contributed by atoms with Crippen molar-refractivity contribution in [1.82, 2.24) is 15.0 Å². The van der Waals surface area contributed by atoms with E-state index in [0.29, 0.717) is 28.5 Å². The number of nitrogens with one attached hydrogen (secondary N) is 2. The molecule has 2 N–H and O–H groups in total. The maximum absolute atomic E-state index is 12.4. The molecular formula is C18H18ClN5O3S. The van der Waals surface area contributed by atoms with Crippen molar-refractivity contribution in [2.75, 3.05) is 15.8 Å². The van der Waals surface area contributed by atoms with Crippen LogP contribution in [0.1, 0.15) is 23.8 Å². The summed E-state index contributed by atoms with van der Waals surface area (Å²) < 4.78 is 27.5. The number of amides is 1. The molecule has 0 bridgehead atoms. The number of nitrogens with zero attached hydrogens (tertiary/aromatic N) is 3. The van der Waals surface area contributed by atoms with Gasteiger partial charge in [-0.05, 0) is 42.8 Å². The van der Waals surface area contributed by atoms with Crippen LogP contribution in [0.4, 0.5) is 11.4 Å². The van der Waals surface area contributed by atoms with Gasteiger partial charge in [-0.15, -0.1) is 5.10 Å². The number of aromatic nitrogens is 3. The molecule has 0 saturated heterocycles. The molecule has 2 aromatic carbocycles. The summed E-state index contributed by atoms with van der Waals surface area (Å²) in [5.41, 5.74) is 1.65. The number of hydrogen-bond donors (Lipinski definition) is 2. The number of sulfonamides is 1. The van der Waals surface area contributed by atoms with Gasteiger partial charge in [-0.2, -0.15) is 0 Å². The van der Waals surface area contributed by atoms with Crippen molar-refractivity contribution < 1.29 is 13.2 Å². The van der Waals surface area contributed by atoms with Gasteiger partial charge in [0, 0.05) is 11.4 Å². The fraction of sp³-hybridized carbons (Fsp3) is 0.167. The van der Waals surface area contributed by atoms with Crippen LogP contribution in [0.15, 0.2) is 54.7 Å². The maximum atomic E-state index is 12.4. The van der Waals surface area contributed by atoms with Gasteiger partial charge in [0.05, 0.1) is 22.7 Å². The summed E-state index contributed by atoms with van der Waals surface area (Å²) in [6, 6.07) is 13.4. The number of anilines is 2. The van der Waals surface area contributed by atoms with Gasteiger partial charge in [0.2, 0.25) is 10.0 Å². The van der Waals surface area contributed by atoms with Crippen molar-refractivity contribution in [2.45, 2.75) is 13.3 Å². The average molecular weight is 420 g/mol. The summed E-state index contributed by atoms with van der Waals surface area (Å²) in [6.07, 6.45) is 2.00. The van der Waals surface area contributed by atoms with Crippen LogP contribution in [-0.2, 0) is 10.0 Å². The standard InChI is InChI=1S/C18H18ClN5O3S/c1-2-11-28(26,27)22-14-9-7-13(8-10-14)20-18(25)16-12-24(23-21-16)17-6-4-3-5-15(17)19/h3-10,12,22H,2,11H2,1H3,(H,20,25). The van der Waals surface area contributed by atoms with Crippen LogP contribution in [-0.4, -0.2) is 35.1 Å². The first-order chi connectivity index (χ1) is 13.4. The minimum Gasteiger partial charge on any atom is -0.321 e. The lowest BCUT2D eigenvalue weighted by Crippen LogP contribution is -2.16. The smallest absolute Gasteiger partial charge is 0.277 e. The lowest BCUT2D eigenvalue weighted by atomic mass is 10.3. The van der Waals surface area contributed by atoms with Crippen molar-refractivity contribution in [1.29, 1.82) is 0 Å². The maximum Gasteiger partial charge on any atom is 0.277 e. The number of benzene rings is 2. The number of halogens is 1. The Kier molecular flexibility index (Phi) is 5.96. The van der Waals surface area contributed by atoms with E-state index in [4.69, 9.17) is 11.6 Å². The Hall–Kier alpha value is -2.91. The van der Waals surface area contributed by atoms with Gasteiger partial charge < -0.3 is 5.32 Å². The minimum atomic E-state index is -3.36. The molecule has 28 heavy (non-hydrogen) atoms. The van der Waals surface area contributed by atoms with E-state index in [1.807, 2.05) is 0 Å². The molecule has 0 radical (unpaired) electrons. The van der Waals surface area contributed by atoms with E-state index in [-0.39, 0.29) is 11.4 Å². The van der Waals surface area contributed by atoms with E-state index in [9.17, 15) is 13.2 Å². The highest BCUT2D eigenvalue weighted by molar-refractivity contribution is 7.92. The van der Waals surface area contributed by atoms with Gasteiger partial charge in [-0.3, -0.25) is 9.52 Å². The van der Waals surface area contributed by atoms with Gasteiger partial charge in [0.1, 0.15) is 0 Å². The molecule has 8 nitrogen and oxygen atoms in total. The number of carbonyl (C=O) groups is 1. The summed E-state index contributed by atoms with van der Waals surface area (Å²) in [5, 5.41) is 11.0. The topological polar surface area (TPSA) is 106 Å². The van der Waals surface area contributed by atoms with Crippen LogP contribution in [0.25, 0.3) is 5.69 Å². The molecule has 0 spiro atoms. The van der Waals surface area contributed by atoms with Crippen molar-refractivity contribution in [3.63, 3.8) is 0 Å².